The molecule has 1 aromatic heterocycles. The van der Waals surface area contributed by atoms with E-state index in [0.717, 1.165) is 43.8 Å². The van der Waals surface area contributed by atoms with Crippen LogP contribution < -0.4 is 10.6 Å². The lowest BCUT2D eigenvalue weighted by Gasteiger charge is -2.13. The normalized spacial score (nSPS) is 11.8. The highest BCUT2D eigenvalue weighted by atomic mass is 16.5. The summed E-state index contributed by atoms with van der Waals surface area (Å²) in [6, 6.07) is 10.2. The smallest absolute Gasteiger partial charge is 0.191 e. The van der Waals surface area contributed by atoms with Crippen LogP contribution in [0.5, 0.6) is 0 Å². The van der Waals surface area contributed by atoms with Crippen molar-refractivity contribution in [1.29, 1.82) is 0 Å². The van der Waals surface area contributed by atoms with E-state index >= 15 is 0 Å². The van der Waals surface area contributed by atoms with E-state index in [1.54, 1.807) is 0 Å². The maximum absolute atomic E-state index is 5.63. The van der Waals surface area contributed by atoms with Crippen LogP contribution in [-0.2, 0) is 24.9 Å². The van der Waals surface area contributed by atoms with E-state index in [9.17, 15) is 0 Å². The van der Waals surface area contributed by atoms with Gasteiger partial charge in [-0.2, -0.15) is 0 Å². The summed E-state index contributed by atoms with van der Waals surface area (Å²) in [5, 5.41) is 15.0. The minimum absolute atomic E-state index is 0.567. The number of rotatable bonds is 10. The minimum Gasteiger partial charge on any atom is -0.381 e. The Kier molecular flexibility index (Phi) is 8.77. The fourth-order valence-electron chi connectivity index (χ4n) is 2.40. The average Bonchev–Trinajstić information content (AvgIpc) is 2.98. The topological polar surface area (TPSA) is 76.4 Å². The fraction of sp³-hybridized carbons (Fsp3) is 0.550. The van der Waals surface area contributed by atoms with Crippen LogP contribution >= 0.6 is 0 Å². The van der Waals surface area contributed by atoms with Crippen molar-refractivity contribution in [3.63, 3.8) is 0 Å². The SMILES string of the molecule is Cc1nnc(CNC(=NCc2ccccc2)NCCCOCC(C)C)n1C. The molecule has 1 heterocycles. The molecule has 0 atom stereocenters. The Morgan fingerprint density at radius 2 is 1.96 bits per heavy atom. The lowest BCUT2D eigenvalue weighted by atomic mass is 10.2. The molecule has 0 radical (unpaired) electrons. The molecule has 7 heteroatoms. The number of nitrogens with one attached hydrogen (secondary N) is 2. The quantitative estimate of drug-likeness (QED) is 0.381. The van der Waals surface area contributed by atoms with Crippen LogP contribution in [0.1, 0.15) is 37.5 Å². The van der Waals surface area contributed by atoms with E-state index in [-0.39, 0.29) is 0 Å². The molecule has 27 heavy (non-hydrogen) atoms. The molecule has 1 aromatic carbocycles. The number of aliphatic imine (C=N–C) groups is 1. The summed E-state index contributed by atoms with van der Waals surface area (Å²) in [6.07, 6.45) is 0.932. The summed E-state index contributed by atoms with van der Waals surface area (Å²) in [6.45, 7) is 9.81. The number of aryl methyl sites for hydroxylation is 1. The van der Waals surface area contributed by atoms with Gasteiger partial charge < -0.3 is 19.9 Å². The van der Waals surface area contributed by atoms with Gasteiger partial charge in [-0.3, -0.25) is 0 Å². The Morgan fingerprint density at radius 1 is 1.19 bits per heavy atom. The number of guanidine groups is 1. The summed E-state index contributed by atoms with van der Waals surface area (Å²) in [4.78, 5) is 4.69. The summed E-state index contributed by atoms with van der Waals surface area (Å²) in [5.41, 5.74) is 1.17. The van der Waals surface area contributed by atoms with Gasteiger partial charge in [0.05, 0.1) is 13.1 Å². The van der Waals surface area contributed by atoms with Gasteiger partial charge in [-0.05, 0) is 24.8 Å². The number of hydrogen-bond donors (Lipinski definition) is 2. The first-order valence-electron chi connectivity index (χ1n) is 9.55. The van der Waals surface area contributed by atoms with Crippen molar-refractivity contribution in [3.05, 3.63) is 47.5 Å². The second kappa shape index (κ2) is 11.3. The molecule has 0 aliphatic rings. The van der Waals surface area contributed by atoms with Gasteiger partial charge in [-0.15, -0.1) is 10.2 Å². The third-order valence-corrected chi connectivity index (χ3v) is 4.07. The molecule has 0 aliphatic heterocycles. The summed E-state index contributed by atoms with van der Waals surface area (Å²) < 4.78 is 7.61. The van der Waals surface area contributed by atoms with Crippen molar-refractivity contribution < 1.29 is 4.74 Å². The summed E-state index contributed by atoms with van der Waals surface area (Å²) in [7, 11) is 1.96. The predicted molar refractivity (Wildman–Crippen MR) is 108 cm³/mol. The first kappa shape index (κ1) is 20.9. The van der Waals surface area contributed by atoms with Gasteiger partial charge >= 0.3 is 0 Å². The average molecular weight is 373 g/mol. The standard InChI is InChI=1S/C20H32N6O/c1-16(2)15-27-12-8-11-21-20(22-13-18-9-6-5-7-10-18)23-14-19-25-24-17(3)26(19)4/h5-7,9-10,16H,8,11-15H2,1-4H3,(H2,21,22,23). The van der Waals surface area contributed by atoms with E-state index in [2.05, 4.69) is 51.8 Å². The fourth-order valence-corrected chi connectivity index (χ4v) is 2.40. The number of nitrogens with zero attached hydrogens (tertiary/aromatic N) is 4. The highest BCUT2D eigenvalue weighted by molar-refractivity contribution is 5.79. The maximum Gasteiger partial charge on any atom is 0.191 e. The van der Waals surface area contributed by atoms with Gasteiger partial charge in [0.25, 0.3) is 0 Å². The largest absolute Gasteiger partial charge is 0.381 e. The molecule has 2 aromatic rings. The Hall–Kier alpha value is -2.41. The van der Waals surface area contributed by atoms with Gasteiger partial charge in [0.1, 0.15) is 5.82 Å². The monoisotopic (exact) mass is 372 g/mol. The van der Waals surface area contributed by atoms with Crippen molar-refractivity contribution >= 4 is 5.96 Å². The van der Waals surface area contributed by atoms with E-state index in [0.29, 0.717) is 19.0 Å². The Bertz CT molecular complexity index is 696. The van der Waals surface area contributed by atoms with Gasteiger partial charge in [0, 0.05) is 26.8 Å². The molecule has 0 saturated heterocycles. The predicted octanol–water partition coefficient (Wildman–Crippen LogP) is 2.42. The molecule has 2 rings (SSSR count). The molecule has 0 bridgehead atoms. The molecule has 2 N–H and O–H groups in total. The van der Waals surface area contributed by atoms with Crippen LogP contribution in [0.3, 0.4) is 0 Å². The van der Waals surface area contributed by atoms with Crippen LogP contribution in [0.4, 0.5) is 0 Å². The van der Waals surface area contributed by atoms with Crippen molar-refractivity contribution in [2.75, 3.05) is 19.8 Å². The zero-order valence-corrected chi connectivity index (χ0v) is 16.9. The van der Waals surface area contributed by atoms with E-state index in [1.807, 2.05) is 36.7 Å². The molecule has 0 fully saturated rings. The Morgan fingerprint density at radius 3 is 2.63 bits per heavy atom. The first-order chi connectivity index (χ1) is 13.1. The van der Waals surface area contributed by atoms with Gasteiger partial charge in [0.15, 0.2) is 11.8 Å². The Balaban J connectivity index is 1.86. The number of ether oxygens (including phenoxy) is 1. The number of benzene rings is 1. The number of aromatic nitrogens is 3. The van der Waals surface area contributed by atoms with Crippen molar-refractivity contribution in [3.8, 4) is 0 Å². The van der Waals surface area contributed by atoms with Crippen molar-refractivity contribution in [1.82, 2.24) is 25.4 Å². The van der Waals surface area contributed by atoms with Gasteiger partial charge in [-0.25, -0.2) is 4.99 Å². The zero-order chi connectivity index (χ0) is 19.5. The zero-order valence-electron chi connectivity index (χ0n) is 16.9. The molecule has 0 amide bonds. The van der Waals surface area contributed by atoms with Gasteiger partial charge in [0.2, 0.25) is 0 Å². The summed E-state index contributed by atoms with van der Waals surface area (Å²) >= 11 is 0. The third-order valence-electron chi connectivity index (χ3n) is 4.07. The van der Waals surface area contributed by atoms with Crippen LogP contribution in [0.25, 0.3) is 0 Å². The maximum atomic E-state index is 5.63. The first-order valence-corrected chi connectivity index (χ1v) is 9.55. The number of hydrogen-bond acceptors (Lipinski definition) is 4. The highest BCUT2D eigenvalue weighted by Gasteiger charge is 2.06. The van der Waals surface area contributed by atoms with E-state index in [4.69, 9.17) is 4.74 Å². The van der Waals surface area contributed by atoms with Crippen LogP contribution in [0.2, 0.25) is 0 Å². The molecule has 0 unspecified atom stereocenters. The lowest BCUT2D eigenvalue weighted by molar-refractivity contribution is 0.108. The van der Waals surface area contributed by atoms with E-state index < -0.39 is 0 Å². The molecule has 0 saturated carbocycles. The van der Waals surface area contributed by atoms with Crippen molar-refractivity contribution in [2.24, 2.45) is 18.0 Å². The van der Waals surface area contributed by atoms with Crippen LogP contribution in [0.15, 0.2) is 35.3 Å². The second-order valence-corrected chi connectivity index (χ2v) is 6.98. The Labute approximate surface area is 162 Å². The molecular formula is C20H32N6O. The lowest BCUT2D eigenvalue weighted by Crippen LogP contribution is -2.38. The molecule has 0 aliphatic carbocycles. The van der Waals surface area contributed by atoms with Gasteiger partial charge in [-0.1, -0.05) is 44.2 Å². The molecule has 0 spiro atoms. The third kappa shape index (κ3) is 7.78. The van der Waals surface area contributed by atoms with Crippen LogP contribution in [0, 0.1) is 12.8 Å². The highest BCUT2D eigenvalue weighted by Crippen LogP contribution is 2.01. The molecule has 148 valence electrons. The minimum atomic E-state index is 0.567. The van der Waals surface area contributed by atoms with Crippen molar-refractivity contribution in [2.45, 2.75) is 40.3 Å². The van der Waals surface area contributed by atoms with E-state index in [1.165, 1.54) is 5.56 Å². The molecular weight excluding hydrogens is 340 g/mol. The molecule has 7 nitrogen and oxygen atoms in total. The summed E-state index contributed by atoms with van der Waals surface area (Å²) in [5.74, 6) is 3.10. The second-order valence-electron chi connectivity index (χ2n) is 6.98. The van der Waals surface area contributed by atoms with Crippen LogP contribution in [-0.4, -0.2) is 40.5 Å².